The van der Waals surface area contributed by atoms with E-state index in [4.69, 9.17) is 9.47 Å². The SMILES string of the molecule is COc1cc(CNCc2ccccn2)c(Br)cc1OCc1ccc([N+](=O)[O-])cc1. The Morgan fingerprint density at radius 1 is 1.10 bits per heavy atom. The molecule has 1 heterocycles. The summed E-state index contributed by atoms with van der Waals surface area (Å²) in [5.41, 5.74) is 2.88. The van der Waals surface area contributed by atoms with Crippen LogP contribution >= 0.6 is 15.9 Å². The van der Waals surface area contributed by atoms with Crippen LogP contribution in [-0.2, 0) is 19.7 Å². The summed E-state index contributed by atoms with van der Waals surface area (Å²) in [6, 6.07) is 15.9. The van der Waals surface area contributed by atoms with Crippen LogP contribution in [-0.4, -0.2) is 17.0 Å². The van der Waals surface area contributed by atoms with Gasteiger partial charge in [-0.15, -0.1) is 0 Å². The van der Waals surface area contributed by atoms with Gasteiger partial charge in [-0.3, -0.25) is 15.1 Å². The fraction of sp³-hybridized carbons (Fsp3) is 0.190. The van der Waals surface area contributed by atoms with Gasteiger partial charge in [0.2, 0.25) is 0 Å². The maximum absolute atomic E-state index is 10.7. The minimum Gasteiger partial charge on any atom is -0.493 e. The van der Waals surface area contributed by atoms with Gasteiger partial charge >= 0.3 is 0 Å². The van der Waals surface area contributed by atoms with E-state index in [9.17, 15) is 10.1 Å². The summed E-state index contributed by atoms with van der Waals surface area (Å²) in [6.45, 7) is 1.57. The first-order chi connectivity index (χ1) is 14.1. The van der Waals surface area contributed by atoms with Crippen LogP contribution in [0.1, 0.15) is 16.8 Å². The van der Waals surface area contributed by atoms with E-state index in [2.05, 4.69) is 26.2 Å². The van der Waals surface area contributed by atoms with E-state index in [0.717, 1.165) is 21.3 Å². The zero-order chi connectivity index (χ0) is 20.6. The van der Waals surface area contributed by atoms with Gasteiger partial charge < -0.3 is 14.8 Å². The summed E-state index contributed by atoms with van der Waals surface area (Å²) >= 11 is 3.58. The van der Waals surface area contributed by atoms with Crippen molar-refractivity contribution < 1.29 is 14.4 Å². The molecule has 2 aromatic carbocycles. The maximum Gasteiger partial charge on any atom is 0.269 e. The van der Waals surface area contributed by atoms with Gasteiger partial charge in [-0.1, -0.05) is 22.0 Å². The van der Waals surface area contributed by atoms with Crippen LogP contribution in [0.2, 0.25) is 0 Å². The van der Waals surface area contributed by atoms with Crippen molar-refractivity contribution >= 4 is 21.6 Å². The third-order valence-electron chi connectivity index (χ3n) is 4.22. The number of methoxy groups -OCH3 is 1. The third-order valence-corrected chi connectivity index (χ3v) is 4.96. The Balaban J connectivity index is 1.63. The summed E-state index contributed by atoms with van der Waals surface area (Å²) in [7, 11) is 1.59. The summed E-state index contributed by atoms with van der Waals surface area (Å²) in [4.78, 5) is 14.6. The third kappa shape index (κ3) is 5.75. The molecular weight excluding hydrogens is 438 g/mol. The molecule has 0 unspecified atom stereocenters. The maximum atomic E-state index is 10.7. The Morgan fingerprint density at radius 2 is 1.90 bits per heavy atom. The fourth-order valence-corrected chi connectivity index (χ4v) is 3.15. The lowest BCUT2D eigenvalue weighted by atomic mass is 10.2. The molecule has 0 aliphatic carbocycles. The molecule has 150 valence electrons. The van der Waals surface area contributed by atoms with Crippen LogP contribution in [0.5, 0.6) is 11.5 Å². The minimum atomic E-state index is -0.425. The van der Waals surface area contributed by atoms with Gasteiger partial charge in [-0.25, -0.2) is 0 Å². The van der Waals surface area contributed by atoms with Crippen molar-refractivity contribution in [2.24, 2.45) is 0 Å². The fourth-order valence-electron chi connectivity index (χ4n) is 2.69. The van der Waals surface area contributed by atoms with E-state index in [0.29, 0.717) is 24.6 Å². The van der Waals surface area contributed by atoms with Crippen molar-refractivity contribution in [2.75, 3.05) is 7.11 Å². The molecule has 0 aliphatic rings. The molecule has 0 saturated carbocycles. The standard InChI is InChI=1S/C21H20BrN3O4/c1-28-20-10-16(12-23-13-17-4-2-3-9-24-17)19(22)11-21(20)29-14-15-5-7-18(8-6-15)25(26)27/h2-11,23H,12-14H2,1H3. The topological polar surface area (TPSA) is 86.5 Å². The number of hydrogen-bond acceptors (Lipinski definition) is 6. The van der Waals surface area contributed by atoms with Crippen LogP contribution in [0.4, 0.5) is 5.69 Å². The summed E-state index contributed by atoms with van der Waals surface area (Å²) in [5, 5.41) is 14.1. The van der Waals surface area contributed by atoms with E-state index in [1.54, 1.807) is 25.4 Å². The number of nitro groups is 1. The normalized spacial score (nSPS) is 10.6. The Hall–Kier alpha value is -2.97. The molecule has 0 bridgehead atoms. The Morgan fingerprint density at radius 3 is 2.55 bits per heavy atom. The highest BCUT2D eigenvalue weighted by Crippen LogP contribution is 2.34. The van der Waals surface area contributed by atoms with Crippen molar-refractivity contribution in [3.8, 4) is 11.5 Å². The molecule has 0 saturated heterocycles. The van der Waals surface area contributed by atoms with Gasteiger partial charge in [-0.2, -0.15) is 0 Å². The number of pyridine rings is 1. The minimum absolute atomic E-state index is 0.0524. The predicted molar refractivity (Wildman–Crippen MR) is 113 cm³/mol. The van der Waals surface area contributed by atoms with E-state index < -0.39 is 4.92 Å². The molecule has 8 heteroatoms. The highest BCUT2D eigenvalue weighted by molar-refractivity contribution is 9.10. The van der Waals surface area contributed by atoms with Crippen molar-refractivity contribution in [3.05, 3.63) is 92.2 Å². The second-order valence-corrected chi connectivity index (χ2v) is 7.09. The summed E-state index contributed by atoms with van der Waals surface area (Å²) < 4.78 is 12.2. The smallest absolute Gasteiger partial charge is 0.269 e. The predicted octanol–water partition coefficient (Wildman–Crippen LogP) is 4.63. The monoisotopic (exact) mass is 457 g/mol. The number of nitrogens with zero attached hydrogens (tertiary/aromatic N) is 2. The van der Waals surface area contributed by atoms with Gasteiger partial charge in [0.1, 0.15) is 6.61 Å². The largest absolute Gasteiger partial charge is 0.493 e. The molecule has 7 nitrogen and oxygen atoms in total. The lowest BCUT2D eigenvalue weighted by molar-refractivity contribution is -0.384. The van der Waals surface area contributed by atoms with Gasteiger partial charge in [0.15, 0.2) is 11.5 Å². The molecule has 0 aliphatic heterocycles. The van der Waals surface area contributed by atoms with Gasteiger partial charge in [0.25, 0.3) is 5.69 Å². The lowest BCUT2D eigenvalue weighted by Gasteiger charge is -2.14. The van der Waals surface area contributed by atoms with Crippen LogP contribution in [0.25, 0.3) is 0 Å². The number of hydrogen-bond donors (Lipinski definition) is 1. The molecular formula is C21H20BrN3O4. The molecule has 0 amide bonds. The Bertz CT molecular complexity index is 966. The summed E-state index contributed by atoms with van der Waals surface area (Å²) in [6.07, 6.45) is 1.77. The highest BCUT2D eigenvalue weighted by atomic mass is 79.9. The first-order valence-electron chi connectivity index (χ1n) is 8.90. The molecule has 3 rings (SSSR count). The Labute approximate surface area is 177 Å². The van der Waals surface area contributed by atoms with Gasteiger partial charge in [0, 0.05) is 35.9 Å². The number of halogens is 1. The second-order valence-electron chi connectivity index (χ2n) is 6.23. The van der Waals surface area contributed by atoms with Crippen molar-refractivity contribution in [3.63, 3.8) is 0 Å². The molecule has 0 atom stereocenters. The molecule has 0 radical (unpaired) electrons. The van der Waals surface area contributed by atoms with Crippen LogP contribution in [0, 0.1) is 10.1 Å². The van der Waals surface area contributed by atoms with E-state index in [1.807, 2.05) is 30.3 Å². The van der Waals surface area contributed by atoms with E-state index >= 15 is 0 Å². The van der Waals surface area contributed by atoms with Gasteiger partial charge in [0.05, 0.1) is 17.7 Å². The molecule has 0 fully saturated rings. The second kappa shape index (κ2) is 9.99. The highest BCUT2D eigenvalue weighted by Gasteiger charge is 2.11. The van der Waals surface area contributed by atoms with Crippen LogP contribution in [0.15, 0.2) is 65.3 Å². The number of nitro benzene ring substituents is 1. The van der Waals surface area contributed by atoms with Gasteiger partial charge in [-0.05, 0) is 47.5 Å². The first kappa shape index (κ1) is 20.8. The number of benzene rings is 2. The molecule has 1 N–H and O–H groups in total. The number of ether oxygens (including phenoxy) is 2. The lowest BCUT2D eigenvalue weighted by Crippen LogP contribution is -2.14. The van der Waals surface area contributed by atoms with Crippen molar-refractivity contribution in [1.82, 2.24) is 10.3 Å². The molecule has 29 heavy (non-hydrogen) atoms. The van der Waals surface area contributed by atoms with Crippen LogP contribution in [0.3, 0.4) is 0 Å². The van der Waals surface area contributed by atoms with Crippen LogP contribution < -0.4 is 14.8 Å². The summed E-state index contributed by atoms with van der Waals surface area (Å²) in [5.74, 6) is 1.20. The molecule has 3 aromatic rings. The molecule has 0 spiro atoms. The number of nitrogens with one attached hydrogen (secondary N) is 1. The van der Waals surface area contributed by atoms with E-state index in [1.165, 1.54) is 12.1 Å². The Kier molecular flexibility index (Phi) is 7.15. The number of rotatable bonds is 9. The van der Waals surface area contributed by atoms with Crippen molar-refractivity contribution in [2.45, 2.75) is 19.7 Å². The number of non-ortho nitro benzene ring substituents is 1. The van der Waals surface area contributed by atoms with Crippen molar-refractivity contribution in [1.29, 1.82) is 0 Å². The average Bonchev–Trinajstić information content (AvgIpc) is 2.74. The number of aromatic nitrogens is 1. The molecule has 1 aromatic heterocycles. The first-order valence-corrected chi connectivity index (χ1v) is 9.69. The zero-order valence-corrected chi connectivity index (χ0v) is 17.4. The quantitative estimate of drug-likeness (QED) is 0.372. The zero-order valence-electron chi connectivity index (χ0n) is 15.8. The average molecular weight is 458 g/mol. The van der Waals surface area contributed by atoms with E-state index in [-0.39, 0.29) is 12.3 Å².